The van der Waals surface area contributed by atoms with Crippen molar-refractivity contribution in [3.05, 3.63) is 43.5 Å². The minimum Gasteiger partial charge on any atom is -0.496 e. The van der Waals surface area contributed by atoms with E-state index in [2.05, 4.69) is 31.9 Å². The van der Waals surface area contributed by atoms with Crippen LogP contribution in [0.2, 0.25) is 0 Å². The van der Waals surface area contributed by atoms with Crippen molar-refractivity contribution < 1.29 is 13.2 Å². The summed E-state index contributed by atoms with van der Waals surface area (Å²) in [6, 6.07) is 8.54. The van der Waals surface area contributed by atoms with Gasteiger partial charge in [-0.25, -0.2) is 8.42 Å². The van der Waals surface area contributed by atoms with Crippen LogP contribution in [0.15, 0.2) is 43.5 Å². The van der Waals surface area contributed by atoms with Gasteiger partial charge in [-0.15, -0.1) is 11.3 Å². The van der Waals surface area contributed by atoms with Gasteiger partial charge in [0.05, 0.1) is 20.3 Å². The molecule has 1 heterocycles. The summed E-state index contributed by atoms with van der Waals surface area (Å²) in [5, 5.41) is 0. The van der Waals surface area contributed by atoms with Crippen LogP contribution in [0.1, 0.15) is 4.88 Å². The monoisotopic (exact) mass is 453 g/mol. The third-order valence-electron chi connectivity index (χ3n) is 2.84. The van der Waals surface area contributed by atoms with Crippen LogP contribution in [0, 0.1) is 0 Å². The fourth-order valence-electron chi connectivity index (χ4n) is 1.73. The number of sulfonamides is 1. The maximum absolute atomic E-state index is 12.6. The Kier molecular flexibility index (Phi) is 5.48. The van der Waals surface area contributed by atoms with Gasteiger partial charge in [0.1, 0.15) is 5.75 Å². The molecular formula is C13H13Br2NO3S2. The zero-order valence-electron chi connectivity index (χ0n) is 11.3. The minimum absolute atomic E-state index is 0.230. The van der Waals surface area contributed by atoms with Gasteiger partial charge in [0.2, 0.25) is 10.0 Å². The zero-order chi connectivity index (χ0) is 15.6. The summed E-state index contributed by atoms with van der Waals surface area (Å²) in [5.41, 5.74) is 0. The summed E-state index contributed by atoms with van der Waals surface area (Å²) < 4.78 is 33.1. The fraction of sp³-hybridized carbons (Fsp3) is 0.231. The quantitative estimate of drug-likeness (QED) is 0.683. The predicted octanol–water partition coefficient (Wildman–Crippen LogP) is 4.10. The maximum Gasteiger partial charge on any atom is 0.243 e. The Balaban J connectivity index is 2.26. The highest BCUT2D eigenvalue weighted by atomic mass is 79.9. The Morgan fingerprint density at radius 1 is 1.24 bits per heavy atom. The van der Waals surface area contributed by atoms with Gasteiger partial charge < -0.3 is 4.74 Å². The Hall–Kier alpha value is -0.410. The molecule has 2 aromatic rings. The first-order valence-electron chi connectivity index (χ1n) is 5.88. The lowest BCUT2D eigenvalue weighted by molar-refractivity contribution is 0.411. The van der Waals surface area contributed by atoms with Crippen LogP contribution in [-0.4, -0.2) is 26.9 Å². The first kappa shape index (κ1) is 17.0. The van der Waals surface area contributed by atoms with Gasteiger partial charge in [-0.2, -0.15) is 4.31 Å². The molecule has 0 saturated heterocycles. The first-order chi connectivity index (χ1) is 9.84. The SMILES string of the molecule is COc1ccc(S(=O)(=O)N(C)Cc2ccc(Br)s2)cc1Br. The average Bonchev–Trinajstić information content (AvgIpc) is 2.83. The first-order valence-corrected chi connectivity index (χ1v) is 9.73. The molecule has 0 saturated carbocycles. The van der Waals surface area contributed by atoms with Crippen molar-refractivity contribution in [3.8, 4) is 5.75 Å². The summed E-state index contributed by atoms with van der Waals surface area (Å²) >= 11 is 8.20. The Labute approximate surface area is 145 Å². The third-order valence-corrected chi connectivity index (χ3v) is 6.87. The van der Waals surface area contributed by atoms with Crippen LogP contribution in [0.3, 0.4) is 0 Å². The number of hydrogen-bond acceptors (Lipinski definition) is 4. The number of methoxy groups -OCH3 is 1. The molecule has 0 spiro atoms. The average molecular weight is 455 g/mol. The topological polar surface area (TPSA) is 46.6 Å². The van der Waals surface area contributed by atoms with Crippen LogP contribution < -0.4 is 4.74 Å². The highest BCUT2D eigenvalue weighted by Crippen LogP contribution is 2.29. The number of benzene rings is 1. The molecule has 21 heavy (non-hydrogen) atoms. The van der Waals surface area contributed by atoms with Crippen molar-refractivity contribution in [2.75, 3.05) is 14.2 Å². The number of nitrogens with zero attached hydrogens (tertiary/aromatic N) is 1. The standard InChI is InChI=1S/C13H13Br2NO3S2/c1-16(8-9-3-6-13(15)20-9)21(17,18)10-4-5-12(19-2)11(14)7-10/h3-7H,8H2,1-2H3. The molecule has 2 rings (SSSR count). The highest BCUT2D eigenvalue weighted by molar-refractivity contribution is 9.11. The lowest BCUT2D eigenvalue weighted by atomic mass is 10.3. The van der Waals surface area contributed by atoms with Gasteiger partial charge in [0.15, 0.2) is 0 Å². The molecule has 0 aliphatic carbocycles. The molecule has 0 fully saturated rings. The van der Waals surface area contributed by atoms with Crippen LogP contribution in [0.4, 0.5) is 0 Å². The number of thiophene rings is 1. The molecule has 0 bridgehead atoms. The summed E-state index contributed by atoms with van der Waals surface area (Å²) in [6.07, 6.45) is 0. The molecular weight excluding hydrogens is 442 g/mol. The molecule has 0 atom stereocenters. The van der Waals surface area contributed by atoms with Crippen molar-refractivity contribution in [1.82, 2.24) is 4.31 Å². The molecule has 1 aromatic heterocycles. The Morgan fingerprint density at radius 2 is 1.95 bits per heavy atom. The fourth-order valence-corrected chi connectivity index (χ4v) is 5.22. The van der Waals surface area contributed by atoms with E-state index in [4.69, 9.17) is 4.74 Å². The number of halogens is 2. The molecule has 4 nitrogen and oxygen atoms in total. The molecule has 114 valence electrons. The Bertz CT molecular complexity index is 744. The second kappa shape index (κ2) is 6.78. The minimum atomic E-state index is -3.54. The van der Waals surface area contributed by atoms with E-state index in [-0.39, 0.29) is 4.90 Å². The van der Waals surface area contributed by atoms with E-state index >= 15 is 0 Å². The van der Waals surface area contributed by atoms with Crippen LogP contribution in [-0.2, 0) is 16.6 Å². The second-order valence-corrected chi connectivity index (χ2v) is 9.71. The summed E-state index contributed by atoms with van der Waals surface area (Å²) in [5.74, 6) is 0.596. The van der Waals surface area contributed by atoms with Gasteiger partial charge in [-0.05, 0) is 62.2 Å². The van der Waals surface area contributed by atoms with E-state index in [1.807, 2.05) is 12.1 Å². The van der Waals surface area contributed by atoms with Crippen LogP contribution in [0.25, 0.3) is 0 Å². The predicted molar refractivity (Wildman–Crippen MR) is 91.4 cm³/mol. The molecule has 0 unspecified atom stereocenters. The normalized spacial score (nSPS) is 11.9. The van der Waals surface area contributed by atoms with Crippen molar-refractivity contribution in [2.45, 2.75) is 11.4 Å². The molecule has 0 aliphatic heterocycles. The summed E-state index contributed by atoms with van der Waals surface area (Å²) in [4.78, 5) is 1.20. The van der Waals surface area contributed by atoms with Crippen LogP contribution >= 0.6 is 43.2 Å². The molecule has 8 heteroatoms. The van der Waals surface area contributed by atoms with Gasteiger partial charge in [0.25, 0.3) is 0 Å². The van der Waals surface area contributed by atoms with Crippen molar-refractivity contribution in [3.63, 3.8) is 0 Å². The van der Waals surface area contributed by atoms with E-state index < -0.39 is 10.0 Å². The van der Waals surface area contributed by atoms with E-state index in [0.717, 1.165) is 8.66 Å². The molecule has 0 amide bonds. The summed E-state index contributed by atoms with van der Waals surface area (Å²) in [7, 11) is -0.429. The van der Waals surface area contributed by atoms with Crippen LogP contribution in [0.5, 0.6) is 5.75 Å². The zero-order valence-corrected chi connectivity index (χ0v) is 16.1. The van der Waals surface area contributed by atoms with Gasteiger partial charge >= 0.3 is 0 Å². The molecule has 1 aromatic carbocycles. The smallest absolute Gasteiger partial charge is 0.243 e. The Morgan fingerprint density at radius 3 is 2.48 bits per heavy atom. The summed E-state index contributed by atoms with van der Waals surface area (Å²) in [6.45, 7) is 0.336. The molecule has 0 aliphatic rings. The number of rotatable bonds is 5. The van der Waals surface area contributed by atoms with Crippen molar-refractivity contribution >= 4 is 53.2 Å². The number of hydrogen-bond donors (Lipinski definition) is 0. The van der Waals surface area contributed by atoms with E-state index in [1.165, 1.54) is 22.8 Å². The molecule has 0 radical (unpaired) electrons. The van der Waals surface area contributed by atoms with Crippen molar-refractivity contribution in [2.24, 2.45) is 0 Å². The maximum atomic E-state index is 12.6. The van der Waals surface area contributed by atoms with Gasteiger partial charge in [-0.1, -0.05) is 0 Å². The van der Waals surface area contributed by atoms with Gasteiger partial charge in [-0.3, -0.25) is 0 Å². The second-order valence-electron chi connectivity index (χ2n) is 4.26. The number of ether oxygens (including phenoxy) is 1. The van der Waals surface area contributed by atoms with Gasteiger partial charge in [0, 0.05) is 18.5 Å². The highest BCUT2D eigenvalue weighted by Gasteiger charge is 2.22. The largest absolute Gasteiger partial charge is 0.496 e. The van der Waals surface area contributed by atoms with E-state index in [1.54, 1.807) is 25.2 Å². The third kappa shape index (κ3) is 3.87. The lowest BCUT2D eigenvalue weighted by Crippen LogP contribution is -2.26. The molecule has 0 N–H and O–H groups in total. The van der Waals surface area contributed by atoms with E-state index in [9.17, 15) is 8.42 Å². The van der Waals surface area contributed by atoms with Crippen molar-refractivity contribution in [1.29, 1.82) is 0 Å². The lowest BCUT2D eigenvalue weighted by Gasteiger charge is -2.17. The van der Waals surface area contributed by atoms with E-state index in [0.29, 0.717) is 16.8 Å².